The van der Waals surface area contributed by atoms with Gasteiger partial charge in [-0.05, 0) is 54.7 Å². The van der Waals surface area contributed by atoms with E-state index >= 15 is 0 Å². The topological polar surface area (TPSA) is 38.3 Å². The van der Waals surface area contributed by atoms with E-state index in [1.807, 2.05) is 42.5 Å². The normalized spacial score (nSPS) is 27.1. The molecule has 0 unspecified atom stereocenters. The van der Waals surface area contributed by atoms with Crippen molar-refractivity contribution in [1.82, 2.24) is 5.32 Å². The van der Waals surface area contributed by atoms with Crippen LogP contribution in [0.15, 0.2) is 48.5 Å². The molecule has 148 valence electrons. The van der Waals surface area contributed by atoms with Crippen LogP contribution in [-0.4, -0.2) is 18.1 Å². The molecule has 4 atom stereocenters. The van der Waals surface area contributed by atoms with Crippen LogP contribution in [0.5, 0.6) is 0 Å². The summed E-state index contributed by atoms with van der Waals surface area (Å²) in [4.78, 5) is 12.7. The smallest absolute Gasteiger partial charge is 0.224 e. The minimum atomic E-state index is -0.0288. The van der Waals surface area contributed by atoms with Crippen LogP contribution in [0.3, 0.4) is 0 Å². The first kappa shape index (κ1) is 19.8. The highest BCUT2D eigenvalue weighted by atomic mass is 35.5. The van der Waals surface area contributed by atoms with Gasteiger partial charge in [-0.1, -0.05) is 60.3 Å². The third kappa shape index (κ3) is 4.71. The Balaban J connectivity index is 1.48. The summed E-state index contributed by atoms with van der Waals surface area (Å²) in [6.45, 7) is 0. The fourth-order valence-corrected chi connectivity index (χ4v) is 4.88. The van der Waals surface area contributed by atoms with Crippen molar-refractivity contribution in [1.29, 1.82) is 0 Å². The van der Waals surface area contributed by atoms with Crippen LogP contribution in [0.2, 0.25) is 10.0 Å². The second-order valence-corrected chi connectivity index (χ2v) is 8.75. The highest BCUT2D eigenvalue weighted by Crippen LogP contribution is 2.41. The number of nitrogens with one attached hydrogen (secondary N) is 1. The Morgan fingerprint density at radius 1 is 1.04 bits per heavy atom. The summed E-state index contributed by atoms with van der Waals surface area (Å²) in [7, 11) is 0. The van der Waals surface area contributed by atoms with Gasteiger partial charge in [-0.25, -0.2) is 0 Å². The fourth-order valence-electron chi connectivity index (χ4n) is 4.56. The number of rotatable bonds is 4. The highest BCUT2D eigenvalue weighted by molar-refractivity contribution is 6.30. The van der Waals surface area contributed by atoms with Crippen LogP contribution in [-0.2, 0) is 16.0 Å². The van der Waals surface area contributed by atoms with E-state index in [2.05, 4.69) is 11.4 Å². The Morgan fingerprint density at radius 2 is 1.82 bits per heavy atom. The molecule has 3 nitrogen and oxygen atoms in total. The van der Waals surface area contributed by atoms with Gasteiger partial charge in [-0.15, -0.1) is 0 Å². The third-order valence-corrected chi connectivity index (χ3v) is 6.41. The molecule has 2 aromatic carbocycles. The summed E-state index contributed by atoms with van der Waals surface area (Å²) in [6, 6.07) is 15.5. The standard InChI is InChI=1S/C23H25Cl2NO2/c24-17-10-8-15(9-11-17)12-23(27)26-20-14-22(16-4-3-5-18(25)13-16)28-21-7-2-1-6-19(20)21/h3-5,8-11,13,19-22H,1-2,6-7,12,14H2,(H,26,27)/t19-,20+,21+,22+/m1/s1. The SMILES string of the molecule is O=C(Cc1ccc(Cl)cc1)N[C@H]1C[C@@H](c2cccc(Cl)c2)O[C@H]2CCCC[C@H]12. The zero-order chi connectivity index (χ0) is 19.5. The molecule has 2 aromatic rings. The molecule has 2 aliphatic rings. The van der Waals surface area contributed by atoms with Crippen molar-refractivity contribution in [3.05, 3.63) is 69.7 Å². The predicted octanol–water partition coefficient (Wildman–Crippen LogP) is 5.74. The van der Waals surface area contributed by atoms with Gasteiger partial charge in [0.05, 0.1) is 18.6 Å². The van der Waals surface area contributed by atoms with E-state index in [0.717, 1.165) is 35.4 Å². The minimum absolute atomic E-state index is 0.0288. The Kier molecular flexibility index (Phi) is 6.25. The lowest BCUT2D eigenvalue weighted by atomic mass is 9.76. The van der Waals surface area contributed by atoms with E-state index in [1.54, 1.807) is 0 Å². The van der Waals surface area contributed by atoms with Gasteiger partial charge in [-0.2, -0.15) is 0 Å². The van der Waals surface area contributed by atoms with Gasteiger partial charge in [0.25, 0.3) is 0 Å². The molecule has 1 aliphatic carbocycles. The number of fused-ring (bicyclic) bond motifs is 1. The largest absolute Gasteiger partial charge is 0.370 e. The third-order valence-electron chi connectivity index (χ3n) is 5.92. The summed E-state index contributed by atoms with van der Waals surface area (Å²) in [6.07, 6.45) is 5.89. The summed E-state index contributed by atoms with van der Waals surface area (Å²) in [5.74, 6) is 0.446. The molecule has 5 heteroatoms. The van der Waals surface area contributed by atoms with Gasteiger partial charge in [-0.3, -0.25) is 4.79 Å². The first-order valence-corrected chi connectivity index (χ1v) is 10.8. The van der Waals surface area contributed by atoms with E-state index < -0.39 is 0 Å². The molecular weight excluding hydrogens is 393 g/mol. The average molecular weight is 418 g/mol. The van der Waals surface area contributed by atoms with E-state index in [0.29, 0.717) is 17.4 Å². The number of ether oxygens (including phenoxy) is 1. The van der Waals surface area contributed by atoms with Crippen molar-refractivity contribution in [2.75, 3.05) is 0 Å². The minimum Gasteiger partial charge on any atom is -0.370 e. The number of hydrogen-bond acceptors (Lipinski definition) is 2. The predicted molar refractivity (Wildman–Crippen MR) is 113 cm³/mol. The van der Waals surface area contributed by atoms with E-state index in [4.69, 9.17) is 27.9 Å². The lowest BCUT2D eigenvalue weighted by molar-refractivity contribution is -0.132. The maximum Gasteiger partial charge on any atom is 0.224 e. The zero-order valence-electron chi connectivity index (χ0n) is 15.7. The average Bonchev–Trinajstić information content (AvgIpc) is 2.69. The lowest BCUT2D eigenvalue weighted by Crippen LogP contribution is -2.51. The fraction of sp³-hybridized carbons (Fsp3) is 0.435. The second-order valence-electron chi connectivity index (χ2n) is 7.88. The molecule has 1 heterocycles. The second kappa shape index (κ2) is 8.86. The summed E-state index contributed by atoms with van der Waals surface area (Å²) in [5.41, 5.74) is 2.06. The van der Waals surface area contributed by atoms with Crippen LogP contribution in [0.1, 0.15) is 49.3 Å². The molecule has 1 saturated carbocycles. The lowest BCUT2D eigenvalue weighted by Gasteiger charge is -2.45. The van der Waals surface area contributed by atoms with Crippen molar-refractivity contribution < 1.29 is 9.53 Å². The number of amides is 1. The van der Waals surface area contributed by atoms with Crippen LogP contribution in [0.4, 0.5) is 0 Å². The maximum absolute atomic E-state index is 12.7. The van der Waals surface area contributed by atoms with Crippen LogP contribution < -0.4 is 5.32 Å². The van der Waals surface area contributed by atoms with Gasteiger partial charge >= 0.3 is 0 Å². The van der Waals surface area contributed by atoms with Crippen LogP contribution in [0, 0.1) is 5.92 Å². The Morgan fingerprint density at radius 3 is 2.61 bits per heavy atom. The molecule has 2 fully saturated rings. The number of carbonyl (C=O) groups excluding carboxylic acids is 1. The number of halogens is 2. The molecule has 1 N–H and O–H groups in total. The quantitative estimate of drug-likeness (QED) is 0.688. The molecule has 0 aromatic heterocycles. The molecular formula is C23H25Cl2NO2. The van der Waals surface area contributed by atoms with Crippen molar-refractivity contribution >= 4 is 29.1 Å². The zero-order valence-corrected chi connectivity index (χ0v) is 17.3. The summed E-state index contributed by atoms with van der Waals surface area (Å²) >= 11 is 12.1. The number of carbonyl (C=O) groups is 1. The molecule has 0 bridgehead atoms. The maximum atomic E-state index is 12.7. The molecule has 1 aliphatic heterocycles. The van der Waals surface area contributed by atoms with Crippen LogP contribution in [0.25, 0.3) is 0 Å². The van der Waals surface area contributed by atoms with Gasteiger partial charge in [0.2, 0.25) is 5.91 Å². The Labute approximate surface area is 176 Å². The molecule has 28 heavy (non-hydrogen) atoms. The van der Waals surface area contributed by atoms with Gasteiger partial charge in [0.15, 0.2) is 0 Å². The molecule has 0 radical (unpaired) electrons. The molecule has 4 rings (SSSR count). The Hall–Kier alpha value is -1.55. The molecule has 0 spiro atoms. The monoisotopic (exact) mass is 417 g/mol. The Bertz CT molecular complexity index is 824. The van der Waals surface area contributed by atoms with Crippen molar-refractivity contribution in [3.63, 3.8) is 0 Å². The summed E-state index contributed by atoms with van der Waals surface area (Å²) < 4.78 is 6.45. The van der Waals surface area contributed by atoms with Crippen LogP contribution >= 0.6 is 23.2 Å². The van der Waals surface area contributed by atoms with Gasteiger partial charge in [0.1, 0.15) is 0 Å². The first-order valence-electron chi connectivity index (χ1n) is 10.0. The highest BCUT2D eigenvalue weighted by Gasteiger charge is 2.40. The summed E-state index contributed by atoms with van der Waals surface area (Å²) in [5, 5.41) is 4.71. The molecule has 1 saturated heterocycles. The number of hydrogen-bond donors (Lipinski definition) is 1. The van der Waals surface area contributed by atoms with Crippen molar-refractivity contribution in [2.24, 2.45) is 5.92 Å². The van der Waals surface area contributed by atoms with Gasteiger partial charge in [0, 0.05) is 22.0 Å². The van der Waals surface area contributed by atoms with E-state index in [-0.39, 0.29) is 24.2 Å². The first-order chi connectivity index (χ1) is 13.6. The van der Waals surface area contributed by atoms with E-state index in [1.165, 1.54) is 12.8 Å². The van der Waals surface area contributed by atoms with Gasteiger partial charge < -0.3 is 10.1 Å². The molecule has 1 amide bonds. The number of benzene rings is 2. The van der Waals surface area contributed by atoms with Crippen molar-refractivity contribution in [2.45, 2.75) is 56.8 Å². The van der Waals surface area contributed by atoms with Crippen molar-refractivity contribution in [3.8, 4) is 0 Å². The van der Waals surface area contributed by atoms with E-state index in [9.17, 15) is 4.79 Å².